The molecule has 0 radical (unpaired) electrons. The number of thioether (sulfide) groups is 1. The average molecular weight is 608 g/mol. The fraction of sp³-hybridized carbons (Fsp3) is 0.290. The van der Waals surface area contributed by atoms with Gasteiger partial charge in [-0.3, -0.25) is 24.6 Å². The molecule has 0 spiro atoms. The fourth-order valence-electron chi connectivity index (χ4n) is 4.06. The highest BCUT2D eigenvalue weighted by molar-refractivity contribution is 8.15. The lowest BCUT2D eigenvalue weighted by atomic mass is 10.1. The second kappa shape index (κ2) is 13.1. The summed E-state index contributed by atoms with van der Waals surface area (Å²) in [5.41, 5.74) is 1.47. The average Bonchev–Trinajstić information content (AvgIpc) is 3.25. The summed E-state index contributed by atoms with van der Waals surface area (Å²) in [4.78, 5) is 50.2. The van der Waals surface area contributed by atoms with Gasteiger partial charge in [-0.15, -0.1) is 0 Å². The van der Waals surface area contributed by atoms with E-state index < -0.39 is 22.9 Å². The molecule has 0 saturated carbocycles. The molecule has 0 bridgehead atoms. The molecule has 1 fully saturated rings. The van der Waals surface area contributed by atoms with Crippen molar-refractivity contribution in [3.05, 3.63) is 71.8 Å². The number of nitrogens with zero attached hydrogens (tertiary/aromatic N) is 1. The van der Waals surface area contributed by atoms with Gasteiger partial charge >= 0.3 is 6.09 Å². The SMILES string of the molecule is Cc1cc(O)ccc1Oc1ccc(NC(=O)COc2ccc(CC3SC(=O)NC3=O)cc2)c(N(C)C(=O)OC(C)(C)C)c1. The number of ether oxygens (including phenoxy) is 3. The van der Waals surface area contributed by atoms with Crippen LogP contribution in [-0.4, -0.2) is 52.8 Å². The molecule has 1 heterocycles. The first-order valence-electron chi connectivity index (χ1n) is 13.4. The zero-order chi connectivity index (χ0) is 31.3. The van der Waals surface area contributed by atoms with Crippen LogP contribution in [0, 0.1) is 6.92 Å². The Kier molecular flexibility index (Phi) is 9.50. The molecule has 1 saturated heterocycles. The van der Waals surface area contributed by atoms with Crippen LogP contribution in [0.25, 0.3) is 0 Å². The molecule has 0 aliphatic carbocycles. The topological polar surface area (TPSA) is 144 Å². The van der Waals surface area contributed by atoms with Gasteiger partial charge in [0.15, 0.2) is 6.61 Å². The number of benzene rings is 3. The molecule has 0 aromatic heterocycles. The van der Waals surface area contributed by atoms with Crippen molar-refractivity contribution in [1.29, 1.82) is 0 Å². The number of rotatable bonds is 9. The summed E-state index contributed by atoms with van der Waals surface area (Å²) < 4.78 is 17.2. The standard InChI is InChI=1S/C31H33N3O8S/c1-18-14-20(35)8-13-25(18)41-22-11-12-23(24(16-22)34(5)30(39)42-31(2,3)4)32-27(36)17-40-21-9-6-19(7-10-21)15-26-28(37)33-29(38)43-26/h6-14,16,26,35H,15,17H2,1-5H3,(H,32,36)(H,33,37,38). The molecule has 43 heavy (non-hydrogen) atoms. The van der Waals surface area contributed by atoms with Gasteiger partial charge in [-0.2, -0.15) is 0 Å². The third-order valence-corrected chi connectivity index (χ3v) is 7.12. The van der Waals surface area contributed by atoms with Crippen LogP contribution in [0.15, 0.2) is 60.7 Å². The number of phenolic OH excluding ortho intramolecular Hbond substituents is 1. The summed E-state index contributed by atoms with van der Waals surface area (Å²) in [7, 11) is 1.52. The molecule has 1 aliphatic heterocycles. The van der Waals surface area contributed by atoms with E-state index in [-0.39, 0.29) is 23.5 Å². The van der Waals surface area contributed by atoms with Crippen LogP contribution in [-0.2, 0) is 20.7 Å². The number of imide groups is 1. The molecule has 4 rings (SSSR count). The van der Waals surface area contributed by atoms with Crippen molar-refractivity contribution in [3.63, 3.8) is 0 Å². The first-order valence-corrected chi connectivity index (χ1v) is 14.3. The molecule has 12 heteroatoms. The number of amides is 4. The lowest BCUT2D eigenvalue weighted by Crippen LogP contribution is -2.34. The lowest BCUT2D eigenvalue weighted by Gasteiger charge is -2.26. The molecule has 3 aromatic carbocycles. The Morgan fingerprint density at radius 2 is 1.72 bits per heavy atom. The van der Waals surface area contributed by atoms with E-state index in [4.69, 9.17) is 14.2 Å². The van der Waals surface area contributed by atoms with Crippen LogP contribution in [0.5, 0.6) is 23.0 Å². The summed E-state index contributed by atoms with van der Waals surface area (Å²) in [6.45, 7) is 6.74. The monoisotopic (exact) mass is 607 g/mol. The van der Waals surface area contributed by atoms with Crippen molar-refractivity contribution in [2.24, 2.45) is 0 Å². The molecule has 4 amide bonds. The summed E-state index contributed by atoms with van der Waals surface area (Å²) in [6, 6.07) is 16.5. The van der Waals surface area contributed by atoms with Gasteiger partial charge in [0.2, 0.25) is 5.91 Å². The Hall–Kier alpha value is -4.71. The normalized spacial score (nSPS) is 14.6. The van der Waals surface area contributed by atoms with E-state index in [0.29, 0.717) is 40.6 Å². The minimum absolute atomic E-state index is 0.112. The maximum atomic E-state index is 12.9. The van der Waals surface area contributed by atoms with Crippen LogP contribution in [0.3, 0.4) is 0 Å². The summed E-state index contributed by atoms with van der Waals surface area (Å²) in [6.07, 6.45) is -0.238. The summed E-state index contributed by atoms with van der Waals surface area (Å²) in [5.74, 6) is 0.686. The fourth-order valence-corrected chi connectivity index (χ4v) is 4.92. The van der Waals surface area contributed by atoms with Crippen molar-refractivity contribution in [2.75, 3.05) is 23.9 Å². The molecule has 11 nitrogen and oxygen atoms in total. The Morgan fingerprint density at radius 3 is 2.35 bits per heavy atom. The van der Waals surface area contributed by atoms with Crippen molar-refractivity contribution >= 4 is 46.3 Å². The van der Waals surface area contributed by atoms with Crippen molar-refractivity contribution in [3.8, 4) is 23.0 Å². The molecular formula is C31H33N3O8S. The van der Waals surface area contributed by atoms with Crippen LogP contribution in [0.4, 0.5) is 21.0 Å². The smallest absolute Gasteiger partial charge is 0.414 e. The number of carbonyl (C=O) groups is 4. The zero-order valence-electron chi connectivity index (χ0n) is 24.4. The number of carbonyl (C=O) groups excluding carboxylic acids is 4. The van der Waals surface area contributed by atoms with Crippen molar-refractivity contribution < 1.29 is 38.5 Å². The Bertz CT molecular complexity index is 1530. The highest BCUT2D eigenvalue weighted by Crippen LogP contribution is 2.35. The molecule has 226 valence electrons. The zero-order valence-corrected chi connectivity index (χ0v) is 25.2. The molecule has 3 aromatic rings. The highest BCUT2D eigenvalue weighted by Gasteiger charge is 2.31. The van der Waals surface area contributed by atoms with Gasteiger partial charge in [0.1, 0.15) is 28.6 Å². The summed E-state index contributed by atoms with van der Waals surface area (Å²) >= 11 is 0.964. The van der Waals surface area contributed by atoms with Crippen LogP contribution >= 0.6 is 11.8 Å². The second-order valence-corrected chi connectivity index (χ2v) is 12.0. The van der Waals surface area contributed by atoms with Crippen LogP contribution < -0.4 is 25.0 Å². The van der Waals surface area contributed by atoms with E-state index in [1.807, 2.05) is 0 Å². The predicted molar refractivity (Wildman–Crippen MR) is 163 cm³/mol. The number of aryl methyl sites for hydroxylation is 1. The number of anilines is 2. The largest absolute Gasteiger partial charge is 0.508 e. The van der Waals surface area contributed by atoms with Crippen molar-refractivity contribution in [2.45, 2.75) is 45.0 Å². The van der Waals surface area contributed by atoms with E-state index in [1.165, 1.54) is 18.0 Å². The van der Waals surface area contributed by atoms with E-state index in [2.05, 4.69) is 10.6 Å². The van der Waals surface area contributed by atoms with Gasteiger partial charge in [-0.05, 0) is 87.7 Å². The first kappa shape index (κ1) is 31.2. The minimum Gasteiger partial charge on any atom is -0.508 e. The van der Waals surface area contributed by atoms with Crippen molar-refractivity contribution in [1.82, 2.24) is 5.32 Å². The minimum atomic E-state index is -0.741. The Morgan fingerprint density at radius 1 is 1.02 bits per heavy atom. The Labute approximate surface area is 253 Å². The molecule has 1 aliphatic rings. The van der Waals surface area contributed by atoms with E-state index >= 15 is 0 Å². The second-order valence-electron chi connectivity index (χ2n) is 10.8. The number of hydrogen-bond acceptors (Lipinski definition) is 9. The third-order valence-electron chi connectivity index (χ3n) is 6.14. The number of nitrogens with one attached hydrogen (secondary N) is 2. The van der Waals surface area contributed by atoms with E-state index in [9.17, 15) is 24.3 Å². The van der Waals surface area contributed by atoms with Gasteiger partial charge in [-0.25, -0.2) is 4.79 Å². The van der Waals surface area contributed by atoms with Gasteiger partial charge < -0.3 is 24.6 Å². The van der Waals surface area contributed by atoms with Gasteiger partial charge in [0.25, 0.3) is 11.1 Å². The maximum Gasteiger partial charge on any atom is 0.414 e. The molecular weight excluding hydrogens is 574 g/mol. The predicted octanol–water partition coefficient (Wildman–Crippen LogP) is 5.78. The van der Waals surface area contributed by atoms with E-state index in [0.717, 1.165) is 17.3 Å². The van der Waals surface area contributed by atoms with E-state index in [1.54, 1.807) is 82.3 Å². The maximum absolute atomic E-state index is 12.9. The van der Waals surface area contributed by atoms with Gasteiger partial charge in [0, 0.05) is 13.1 Å². The van der Waals surface area contributed by atoms with Gasteiger partial charge in [-0.1, -0.05) is 23.9 Å². The first-order chi connectivity index (χ1) is 20.3. The summed E-state index contributed by atoms with van der Waals surface area (Å²) in [5, 5.41) is 13.9. The molecule has 1 unspecified atom stereocenters. The number of hydrogen-bond donors (Lipinski definition) is 3. The third kappa shape index (κ3) is 8.65. The highest BCUT2D eigenvalue weighted by atomic mass is 32.2. The van der Waals surface area contributed by atoms with Gasteiger partial charge in [0.05, 0.1) is 16.6 Å². The Balaban J connectivity index is 1.45. The van der Waals surface area contributed by atoms with Crippen LogP contribution in [0.1, 0.15) is 31.9 Å². The quantitative estimate of drug-likeness (QED) is 0.276. The molecule has 1 atom stereocenters. The van der Waals surface area contributed by atoms with Crippen LogP contribution in [0.2, 0.25) is 0 Å². The number of phenols is 1. The lowest BCUT2D eigenvalue weighted by molar-refractivity contribution is -0.119. The molecule has 3 N–H and O–H groups in total. The number of aromatic hydroxyl groups is 1.